The summed E-state index contributed by atoms with van der Waals surface area (Å²) in [5, 5.41) is 10.4. The predicted octanol–water partition coefficient (Wildman–Crippen LogP) is 0.976. The lowest BCUT2D eigenvalue weighted by atomic mass is 10.1. The fraction of sp³-hybridized carbons (Fsp3) is 0.500. The van der Waals surface area contributed by atoms with Crippen LogP contribution in [0.1, 0.15) is 18.3 Å². The molecule has 1 aliphatic heterocycles. The third kappa shape index (κ3) is 1.49. The van der Waals surface area contributed by atoms with E-state index in [0.29, 0.717) is 12.4 Å². The summed E-state index contributed by atoms with van der Waals surface area (Å²) >= 11 is 0. The highest BCUT2D eigenvalue weighted by molar-refractivity contribution is 5.20. The van der Waals surface area contributed by atoms with E-state index >= 15 is 0 Å². The van der Waals surface area contributed by atoms with Crippen LogP contribution in [0.15, 0.2) is 16.5 Å². The van der Waals surface area contributed by atoms with Crippen LogP contribution in [0.4, 0.5) is 5.88 Å². The molecule has 0 amide bonds. The standard InChI is InChI=1S/C8H10N2O4/c9-5-3-4-13-8(5)6-1-2-7(14-6)10(11)12/h1-2,5,8H,3-4,9H2. The van der Waals surface area contributed by atoms with Crippen molar-refractivity contribution in [1.29, 1.82) is 0 Å². The number of nitro groups is 1. The van der Waals surface area contributed by atoms with Gasteiger partial charge in [-0.2, -0.15) is 0 Å². The summed E-state index contributed by atoms with van der Waals surface area (Å²) in [4.78, 5) is 9.77. The highest BCUT2D eigenvalue weighted by Crippen LogP contribution is 2.30. The predicted molar refractivity (Wildman–Crippen MR) is 46.6 cm³/mol. The van der Waals surface area contributed by atoms with Gasteiger partial charge in [0.1, 0.15) is 16.8 Å². The second kappa shape index (κ2) is 3.39. The van der Waals surface area contributed by atoms with Gasteiger partial charge in [0, 0.05) is 12.6 Å². The van der Waals surface area contributed by atoms with E-state index in [1.54, 1.807) is 0 Å². The molecule has 0 spiro atoms. The van der Waals surface area contributed by atoms with Crippen molar-refractivity contribution in [2.24, 2.45) is 5.73 Å². The van der Waals surface area contributed by atoms with Gasteiger partial charge in [-0.05, 0) is 12.5 Å². The summed E-state index contributed by atoms with van der Waals surface area (Å²) in [5.41, 5.74) is 5.74. The van der Waals surface area contributed by atoms with E-state index in [9.17, 15) is 10.1 Å². The average Bonchev–Trinajstić information content (AvgIpc) is 2.71. The highest BCUT2D eigenvalue weighted by atomic mass is 16.6. The number of nitrogens with two attached hydrogens (primary N) is 1. The third-order valence-corrected chi connectivity index (χ3v) is 2.21. The smallest absolute Gasteiger partial charge is 0.403 e. The van der Waals surface area contributed by atoms with E-state index in [2.05, 4.69) is 0 Å². The zero-order valence-electron chi connectivity index (χ0n) is 7.38. The Labute approximate surface area is 79.8 Å². The van der Waals surface area contributed by atoms with Gasteiger partial charge in [0.25, 0.3) is 0 Å². The lowest BCUT2D eigenvalue weighted by molar-refractivity contribution is -0.402. The zero-order chi connectivity index (χ0) is 10.1. The van der Waals surface area contributed by atoms with Crippen molar-refractivity contribution in [1.82, 2.24) is 0 Å². The van der Waals surface area contributed by atoms with Crippen molar-refractivity contribution in [3.05, 3.63) is 28.0 Å². The lowest BCUT2D eigenvalue weighted by Gasteiger charge is -2.10. The van der Waals surface area contributed by atoms with Crippen LogP contribution in [0.5, 0.6) is 0 Å². The molecule has 1 aliphatic rings. The SMILES string of the molecule is NC1CCOC1c1ccc([N+](=O)[O-])o1. The van der Waals surface area contributed by atoms with Crippen molar-refractivity contribution in [3.8, 4) is 0 Å². The number of nitrogens with zero attached hydrogens (tertiary/aromatic N) is 1. The van der Waals surface area contributed by atoms with Crippen molar-refractivity contribution < 1.29 is 14.1 Å². The number of ether oxygens (including phenoxy) is 1. The molecule has 2 atom stereocenters. The summed E-state index contributed by atoms with van der Waals surface area (Å²) in [5.74, 6) is 0.157. The summed E-state index contributed by atoms with van der Waals surface area (Å²) in [6.07, 6.45) is 0.405. The van der Waals surface area contributed by atoms with Crippen LogP contribution in [0, 0.1) is 10.1 Å². The van der Waals surface area contributed by atoms with Crippen molar-refractivity contribution in [2.45, 2.75) is 18.6 Å². The van der Waals surface area contributed by atoms with Crippen LogP contribution in [0.2, 0.25) is 0 Å². The Morgan fingerprint density at radius 1 is 1.57 bits per heavy atom. The Balaban J connectivity index is 2.20. The Hall–Kier alpha value is -1.40. The van der Waals surface area contributed by atoms with Crippen LogP contribution in [-0.2, 0) is 4.74 Å². The fourth-order valence-electron chi connectivity index (χ4n) is 1.49. The van der Waals surface area contributed by atoms with Gasteiger partial charge in [-0.1, -0.05) is 0 Å². The molecule has 2 heterocycles. The van der Waals surface area contributed by atoms with Gasteiger partial charge in [-0.15, -0.1) is 0 Å². The van der Waals surface area contributed by atoms with Crippen LogP contribution in [0.3, 0.4) is 0 Å². The molecule has 1 aromatic heterocycles. The van der Waals surface area contributed by atoms with E-state index in [-0.39, 0.29) is 18.0 Å². The van der Waals surface area contributed by atoms with Gasteiger partial charge in [0.15, 0.2) is 0 Å². The summed E-state index contributed by atoms with van der Waals surface area (Å²) < 4.78 is 10.3. The third-order valence-electron chi connectivity index (χ3n) is 2.21. The molecule has 2 rings (SSSR count). The summed E-state index contributed by atoms with van der Waals surface area (Å²) in [7, 11) is 0. The molecule has 0 saturated carbocycles. The molecule has 14 heavy (non-hydrogen) atoms. The average molecular weight is 198 g/mol. The van der Waals surface area contributed by atoms with Crippen molar-refractivity contribution in [2.75, 3.05) is 6.61 Å². The lowest BCUT2D eigenvalue weighted by Crippen LogP contribution is -2.22. The van der Waals surface area contributed by atoms with Crippen LogP contribution in [-0.4, -0.2) is 17.6 Å². The van der Waals surface area contributed by atoms with Crippen LogP contribution in [0.25, 0.3) is 0 Å². The second-order valence-corrected chi connectivity index (χ2v) is 3.18. The first kappa shape index (κ1) is 9.17. The van der Waals surface area contributed by atoms with Crippen LogP contribution < -0.4 is 5.73 Å². The topological polar surface area (TPSA) is 91.5 Å². The zero-order valence-corrected chi connectivity index (χ0v) is 7.38. The summed E-state index contributed by atoms with van der Waals surface area (Å²) in [6, 6.07) is 2.71. The monoisotopic (exact) mass is 198 g/mol. The summed E-state index contributed by atoms with van der Waals surface area (Å²) in [6.45, 7) is 0.570. The maximum atomic E-state index is 10.4. The fourth-order valence-corrected chi connectivity index (χ4v) is 1.49. The van der Waals surface area contributed by atoms with Crippen LogP contribution >= 0.6 is 0 Å². The van der Waals surface area contributed by atoms with Gasteiger partial charge >= 0.3 is 5.88 Å². The largest absolute Gasteiger partial charge is 0.433 e. The van der Waals surface area contributed by atoms with Crippen molar-refractivity contribution >= 4 is 5.88 Å². The van der Waals surface area contributed by atoms with E-state index in [4.69, 9.17) is 14.9 Å². The normalized spacial score (nSPS) is 26.6. The first-order valence-corrected chi connectivity index (χ1v) is 4.30. The maximum absolute atomic E-state index is 10.4. The molecule has 1 saturated heterocycles. The number of rotatable bonds is 2. The molecular weight excluding hydrogens is 188 g/mol. The molecule has 1 aromatic rings. The van der Waals surface area contributed by atoms with Gasteiger partial charge in [0.2, 0.25) is 0 Å². The minimum Gasteiger partial charge on any atom is -0.403 e. The number of hydrogen-bond donors (Lipinski definition) is 1. The van der Waals surface area contributed by atoms with E-state index < -0.39 is 4.92 Å². The van der Waals surface area contributed by atoms with E-state index in [0.717, 1.165) is 6.42 Å². The van der Waals surface area contributed by atoms with Gasteiger partial charge < -0.3 is 14.9 Å². The van der Waals surface area contributed by atoms with E-state index in [1.165, 1.54) is 12.1 Å². The molecule has 6 nitrogen and oxygen atoms in total. The molecule has 0 aromatic carbocycles. The minimum atomic E-state index is -0.579. The molecule has 0 bridgehead atoms. The molecule has 76 valence electrons. The molecule has 6 heteroatoms. The van der Waals surface area contributed by atoms with Gasteiger partial charge in [-0.25, -0.2) is 0 Å². The Bertz CT molecular complexity index is 349. The molecule has 1 fully saturated rings. The molecule has 2 N–H and O–H groups in total. The van der Waals surface area contributed by atoms with Crippen molar-refractivity contribution in [3.63, 3.8) is 0 Å². The quantitative estimate of drug-likeness (QED) is 0.564. The molecular formula is C8H10N2O4. The first-order valence-electron chi connectivity index (χ1n) is 4.30. The second-order valence-electron chi connectivity index (χ2n) is 3.18. The highest BCUT2D eigenvalue weighted by Gasteiger charge is 2.30. The Morgan fingerprint density at radius 3 is 2.86 bits per heavy atom. The van der Waals surface area contributed by atoms with Gasteiger partial charge in [-0.3, -0.25) is 10.1 Å². The Morgan fingerprint density at radius 2 is 2.36 bits per heavy atom. The Kier molecular flexibility index (Phi) is 2.22. The van der Waals surface area contributed by atoms with Gasteiger partial charge in [0.05, 0.1) is 6.07 Å². The number of hydrogen-bond acceptors (Lipinski definition) is 5. The molecule has 0 aliphatic carbocycles. The van der Waals surface area contributed by atoms with E-state index in [1.807, 2.05) is 0 Å². The molecule has 2 unspecified atom stereocenters. The molecule has 0 radical (unpaired) electrons. The minimum absolute atomic E-state index is 0.138. The first-order chi connectivity index (χ1) is 6.68. The number of furan rings is 1. The maximum Gasteiger partial charge on any atom is 0.433 e.